The fourth-order valence-electron chi connectivity index (χ4n) is 2.84. The van der Waals surface area contributed by atoms with Gasteiger partial charge < -0.3 is 20.7 Å². The van der Waals surface area contributed by atoms with Crippen molar-refractivity contribution in [1.82, 2.24) is 0 Å². The third-order valence-electron chi connectivity index (χ3n) is 4.34. The number of carbonyl (C=O) groups is 1. The Morgan fingerprint density at radius 2 is 1.92 bits per heavy atom. The van der Waals surface area contributed by atoms with Crippen molar-refractivity contribution in [1.29, 1.82) is 0 Å². The summed E-state index contributed by atoms with van der Waals surface area (Å²) < 4.78 is 5.38. The zero-order valence-corrected chi connectivity index (χ0v) is 15.0. The number of amides is 1. The molecule has 0 spiro atoms. The Morgan fingerprint density at radius 1 is 1.24 bits per heavy atom. The number of nitrogen functional groups attached to an aromatic ring is 1. The van der Waals surface area contributed by atoms with Gasteiger partial charge in [-0.3, -0.25) is 4.79 Å². The number of halogens is 1. The number of nitrogens with zero attached hydrogens (tertiary/aromatic N) is 1. The number of aryl methyl sites for hydroxylation is 1. The van der Waals surface area contributed by atoms with E-state index in [1.165, 1.54) is 5.56 Å². The van der Waals surface area contributed by atoms with E-state index in [1.807, 2.05) is 30.3 Å². The molecule has 0 saturated carbocycles. The number of anilines is 3. The molecule has 2 aromatic rings. The Bertz CT molecular complexity index is 756. The van der Waals surface area contributed by atoms with Crippen molar-refractivity contribution < 1.29 is 9.53 Å². The fourth-order valence-corrected chi connectivity index (χ4v) is 3.06. The minimum Gasteiger partial charge on any atom is -0.397 e. The highest BCUT2D eigenvalue weighted by molar-refractivity contribution is 6.34. The largest absolute Gasteiger partial charge is 0.397 e. The fraction of sp³-hybridized carbons (Fsp3) is 0.316. The van der Waals surface area contributed by atoms with E-state index in [-0.39, 0.29) is 5.91 Å². The molecule has 3 N–H and O–H groups in total. The summed E-state index contributed by atoms with van der Waals surface area (Å²) in [7, 11) is 0. The third kappa shape index (κ3) is 4.06. The predicted molar refractivity (Wildman–Crippen MR) is 103 cm³/mol. The molecule has 1 heterocycles. The number of rotatable bonds is 4. The van der Waals surface area contributed by atoms with Crippen LogP contribution in [0.3, 0.4) is 0 Å². The summed E-state index contributed by atoms with van der Waals surface area (Å²) >= 11 is 6.28. The van der Waals surface area contributed by atoms with Gasteiger partial charge in [0, 0.05) is 18.7 Å². The van der Waals surface area contributed by atoms with Gasteiger partial charge in [0.25, 0.3) is 5.91 Å². The molecule has 1 aliphatic heterocycles. The first-order valence-electron chi connectivity index (χ1n) is 8.40. The van der Waals surface area contributed by atoms with E-state index in [4.69, 9.17) is 22.1 Å². The summed E-state index contributed by atoms with van der Waals surface area (Å²) in [5, 5.41) is 3.31. The van der Waals surface area contributed by atoms with Crippen LogP contribution in [-0.2, 0) is 11.2 Å². The van der Waals surface area contributed by atoms with Gasteiger partial charge in [-0.05, 0) is 36.2 Å². The van der Waals surface area contributed by atoms with Crippen molar-refractivity contribution in [3.8, 4) is 0 Å². The van der Waals surface area contributed by atoms with Crippen LogP contribution in [0.4, 0.5) is 17.1 Å². The van der Waals surface area contributed by atoms with E-state index in [0.29, 0.717) is 35.2 Å². The molecule has 2 aromatic carbocycles. The zero-order chi connectivity index (χ0) is 17.8. The van der Waals surface area contributed by atoms with Crippen molar-refractivity contribution in [2.24, 2.45) is 0 Å². The lowest BCUT2D eigenvalue weighted by Gasteiger charge is -2.30. The molecule has 6 heteroatoms. The van der Waals surface area contributed by atoms with Crippen LogP contribution in [0, 0.1) is 0 Å². The van der Waals surface area contributed by atoms with E-state index >= 15 is 0 Å². The lowest BCUT2D eigenvalue weighted by molar-refractivity contribution is 0.102. The first-order valence-corrected chi connectivity index (χ1v) is 8.78. The first-order chi connectivity index (χ1) is 12.1. The van der Waals surface area contributed by atoms with Gasteiger partial charge in [-0.2, -0.15) is 0 Å². The van der Waals surface area contributed by atoms with Crippen LogP contribution >= 0.6 is 11.6 Å². The maximum Gasteiger partial charge on any atom is 0.255 e. The predicted octanol–water partition coefficient (Wildman–Crippen LogP) is 3.57. The second kappa shape index (κ2) is 7.76. The molecule has 0 aromatic heterocycles. The summed E-state index contributed by atoms with van der Waals surface area (Å²) in [6.07, 6.45) is 0.939. The van der Waals surface area contributed by atoms with Gasteiger partial charge in [-0.15, -0.1) is 0 Å². The maximum atomic E-state index is 12.5. The number of benzene rings is 2. The van der Waals surface area contributed by atoms with Crippen LogP contribution in [0.5, 0.6) is 0 Å². The highest BCUT2D eigenvalue weighted by atomic mass is 35.5. The maximum absolute atomic E-state index is 12.5. The second-order valence-electron chi connectivity index (χ2n) is 5.99. The summed E-state index contributed by atoms with van der Waals surface area (Å²) in [4.78, 5) is 14.6. The molecular weight excluding hydrogens is 338 g/mol. The van der Waals surface area contributed by atoms with E-state index < -0.39 is 0 Å². The Kier molecular flexibility index (Phi) is 5.46. The molecule has 132 valence electrons. The standard InChI is InChI=1S/C19H22ClN3O2/c1-2-13-3-5-14(6-4-13)19(24)22-17-12-18(16(21)11-15(17)20)23-7-9-25-10-8-23/h3-6,11-12H,2,7-10,21H2,1H3,(H,22,24). The summed E-state index contributed by atoms with van der Waals surface area (Å²) in [5.74, 6) is -0.192. The summed E-state index contributed by atoms with van der Waals surface area (Å²) in [6, 6.07) is 11.1. The minimum atomic E-state index is -0.192. The molecule has 3 rings (SSSR count). The Morgan fingerprint density at radius 3 is 2.56 bits per heavy atom. The van der Waals surface area contributed by atoms with Crippen LogP contribution in [0.1, 0.15) is 22.8 Å². The monoisotopic (exact) mass is 359 g/mol. The Labute approximate surface area is 152 Å². The van der Waals surface area contributed by atoms with E-state index in [2.05, 4.69) is 17.1 Å². The number of hydrogen-bond donors (Lipinski definition) is 2. The van der Waals surface area contributed by atoms with Gasteiger partial charge in [-0.25, -0.2) is 0 Å². The molecule has 0 aliphatic carbocycles. The second-order valence-corrected chi connectivity index (χ2v) is 6.40. The molecule has 1 aliphatic rings. The lowest BCUT2D eigenvalue weighted by Crippen LogP contribution is -2.36. The Hall–Kier alpha value is -2.24. The highest BCUT2D eigenvalue weighted by Gasteiger charge is 2.17. The van der Waals surface area contributed by atoms with Crippen molar-refractivity contribution in [3.05, 3.63) is 52.5 Å². The minimum absolute atomic E-state index is 0.192. The number of carbonyl (C=O) groups excluding carboxylic acids is 1. The van der Waals surface area contributed by atoms with Gasteiger partial charge >= 0.3 is 0 Å². The van der Waals surface area contributed by atoms with Crippen LogP contribution in [-0.4, -0.2) is 32.2 Å². The van der Waals surface area contributed by atoms with Gasteiger partial charge in [0.2, 0.25) is 0 Å². The van der Waals surface area contributed by atoms with Crippen molar-refractivity contribution in [2.75, 3.05) is 42.3 Å². The van der Waals surface area contributed by atoms with E-state index in [1.54, 1.807) is 6.07 Å². The van der Waals surface area contributed by atoms with E-state index in [9.17, 15) is 4.79 Å². The number of nitrogens with one attached hydrogen (secondary N) is 1. The zero-order valence-electron chi connectivity index (χ0n) is 14.2. The normalized spacial score (nSPS) is 14.4. The molecule has 0 radical (unpaired) electrons. The Balaban J connectivity index is 1.82. The SMILES string of the molecule is CCc1ccc(C(=O)Nc2cc(N3CCOCC3)c(N)cc2Cl)cc1. The van der Waals surface area contributed by atoms with Gasteiger partial charge in [0.05, 0.1) is 35.3 Å². The molecule has 0 bridgehead atoms. The van der Waals surface area contributed by atoms with Crippen LogP contribution in [0.2, 0.25) is 5.02 Å². The average molecular weight is 360 g/mol. The van der Waals surface area contributed by atoms with Crippen LogP contribution in [0.15, 0.2) is 36.4 Å². The van der Waals surface area contributed by atoms with E-state index in [0.717, 1.165) is 25.2 Å². The van der Waals surface area contributed by atoms with Gasteiger partial charge in [0.15, 0.2) is 0 Å². The lowest BCUT2D eigenvalue weighted by atomic mass is 10.1. The smallest absolute Gasteiger partial charge is 0.255 e. The quantitative estimate of drug-likeness (QED) is 0.819. The summed E-state index contributed by atoms with van der Waals surface area (Å²) in [5.41, 5.74) is 9.92. The van der Waals surface area contributed by atoms with Gasteiger partial charge in [0.1, 0.15) is 0 Å². The molecule has 1 saturated heterocycles. The molecule has 1 amide bonds. The highest BCUT2D eigenvalue weighted by Crippen LogP contribution is 2.34. The van der Waals surface area contributed by atoms with Crippen LogP contribution < -0.4 is 16.0 Å². The molecular formula is C19H22ClN3O2. The third-order valence-corrected chi connectivity index (χ3v) is 4.65. The molecule has 25 heavy (non-hydrogen) atoms. The van der Waals surface area contributed by atoms with Gasteiger partial charge in [-0.1, -0.05) is 30.7 Å². The topological polar surface area (TPSA) is 67.6 Å². The number of hydrogen-bond acceptors (Lipinski definition) is 4. The van der Waals surface area contributed by atoms with Crippen molar-refractivity contribution >= 4 is 34.6 Å². The average Bonchev–Trinajstić information content (AvgIpc) is 2.64. The number of ether oxygens (including phenoxy) is 1. The van der Waals surface area contributed by atoms with Crippen LogP contribution in [0.25, 0.3) is 0 Å². The molecule has 0 unspecified atom stereocenters. The molecule has 1 fully saturated rings. The number of nitrogens with two attached hydrogens (primary N) is 1. The molecule has 5 nitrogen and oxygen atoms in total. The van der Waals surface area contributed by atoms with Crippen molar-refractivity contribution in [3.63, 3.8) is 0 Å². The molecule has 0 atom stereocenters. The first kappa shape index (κ1) is 17.6. The van der Waals surface area contributed by atoms with Crippen molar-refractivity contribution in [2.45, 2.75) is 13.3 Å². The number of morpholine rings is 1. The summed E-state index contributed by atoms with van der Waals surface area (Å²) in [6.45, 7) is 4.92.